The van der Waals surface area contributed by atoms with Crippen LogP contribution >= 0.6 is 0 Å². The van der Waals surface area contributed by atoms with E-state index < -0.39 is 0 Å². The molecule has 0 aromatic rings. The van der Waals surface area contributed by atoms with Gasteiger partial charge in [-0.25, -0.2) is 0 Å². The Kier molecular flexibility index (Phi) is 4.08. The average molecular weight is 171 g/mol. The zero-order valence-corrected chi connectivity index (χ0v) is 7.33. The van der Waals surface area contributed by atoms with Crippen molar-refractivity contribution in [3.05, 3.63) is 0 Å². The fourth-order valence-corrected chi connectivity index (χ4v) is 1.86. The van der Waals surface area contributed by atoms with Gasteiger partial charge in [-0.3, -0.25) is 4.79 Å². The molecule has 2 atom stereocenters. The molecule has 3 heteroatoms. The summed E-state index contributed by atoms with van der Waals surface area (Å²) in [5.74, 6) is 0.688. The third kappa shape index (κ3) is 3.22. The SMILES string of the molecule is O=CNCCCC1CC[C@H](O)C1. The minimum Gasteiger partial charge on any atom is -0.393 e. The van der Waals surface area contributed by atoms with E-state index in [4.69, 9.17) is 0 Å². The summed E-state index contributed by atoms with van der Waals surface area (Å²) in [6.45, 7) is 0.774. The molecule has 3 nitrogen and oxygen atoms in total. The summed E-state index contributed by atoms with van der Waals surface area (Å²) in [5.41, 5.74) is 0. The highest BCUT2D eigenvalue weighted by molar-refractivity contribution is 5.45. The lowest BCUT2D eigenvalue weighted by molar-refractivity contribution is -0.109. The third-order valence-electron chi connectivity index (χ3n) is 2.53. The van der Waals surface area contributed by atoms with Crippen LogP contribution in [0.25, 0.3) is 0 Å². The Labute approximate surface area is 73.2 Å². The summed E-state index contributed by atoms with van der Waals surface area (Å²) in [6.07, 6.45) is 5.93. The first-order valence-electron chi connectivity index (χ1n) is 4.68. The largest absolute Gasteiger partial charge is 0.393 e. The Hall–Kier alpha value is -0.570. The molecule has 1 fully saturated rings. The molecule has 0 heterocycles. The number of aliphatic hydroxyl groups excluding tert-OH is 1. The van der Waals surface area contributed by atoms with Gasteiger partial charge in [-0.05, 0) is 38.0 Å². The second-order valence-electron chi connectivity index (χ2n) is 3.55. The van der Waals surface area contributed by atoms with Gasteiger partial charge in [-0.1, -0.05) is 0 Å². The number of carbonyl (C=O) groups excluding carboxylic acids is 1. The maximum absolute atomic E-state index is 9.90. The Morgan fingerprint density at radius 2 is 2.33 bits per heavy atom. The van der Waals surface area contributed by atoms with E-state index in [1.54, 1.807) is 0 Å². The van der Waals surface area contributed by atoms with Crippen LogP contribution in [0.15, 0.2) is 0 Å². The van der Waals surface area contributed by atoms with Gasteiger partial charge in [-0.2, -0.15) is 0 Å². The predicted molar refractivity (Wildman–Crippen MR) is 46.6 cm³/mol. The van der Waals surface area contributed by atoms with E-state index in [9.17, 15) is 9.90 Å². The van der Waals surface area contributed by atoms with Crippen molar-refractivity contribution in [2.24, 2.45) is 5.92 Å². The minimum atomic E-state index is -0.0611. The van der Waals surface area contributed by atoms with Gasteiger partial charge >= 0.3 is 0 Å². The van der Waals surface area contributed by atoms with Crippen LogP contribution in [-0.4, -0.2) is 24.2 Å². The van der Waals surface area contributed by atoms with Crippen LogP contribution in [0, 0.1) is 5.92 Å². The normalized spacial score (nSPS) is 28.8. The third-order valence-corrected chi connectivity index (χ3v) is 2.53. The molecule has 0 radical (unpaired) electrons. The van der Waals surface area contributed by atoms with E-state index in [2.05, 4.69) is 5.32 Å². The zero-order valence-electron chi connectivity index (χ0n) is 7.33. The lowest BCUT2D eigenvalue weighted by atomic mass is 10.0. The van der Waals surface area contributed by atoms with Crippen molar-refractivity contribution in [3.8, 4) is 0 Å². The van der Waals surface area contributed by atoms with Crippen LogP contribution in [0.1, 0.15) is 32.1 Å². The molecule has 1 amide bonds. The van der Waals surface area contributed by atoms with Crippen molar-refractivity contribution >= 4 is 6.41 Å². The van der Waals surface area contributed by atoms with Crippen LogP contribution in [0.2, 0.25) is 0 Å². The molecule has 0 bridgehead atoms. The summed E-state index contributed by atoms with van der Waals surface area (Å²) >= 11 is 0. The van der Waals surface area contributed by atoms with Gasteiger partial charge in [0.15, 0.2) is 0 Å². The van der Waals surface area contributed by atoms with Gasteiger partial charge in [0.2, 0.25) is 6.41 Å². The maximum atomic E-state index is 9.90. The molecule has 70 valence electrons. The quantitative estimate of drug-likeness (QED) is 0.472. The molecule has 0 aromatic carbocycles. The standard InChI is InChI=1S/C9H17NO2/c11-7-10-5-1-2-8-3-4-9(12)6-8/h7-9,12H,1-6H2,(H,10,11)/t8?,9-/m0/s1. The zero-order chi connectivity index (χ0) is 8.81. The Morgan fingerprint density at radius 3 is 2.92 bits per heavy atom. The van der Waals surface area contributed by atoms with Crippen LogP contribution in [-0.2, 0) is 4.79 Å². The Balaban J connectivity index is 1.96. The molecule has 0 aromatic heterocycles. The second-order valence-corrected chi connectivity index (χ2v) is 3.55. The maximum Gasteiger partial charge on any atom is 0.207 e. The van der Waals surface area contributed by atoms with Crippen molar-refractivity contribution in [3.63, 3.8) is 0 Å². The van der Waals surface area contributed by atoms with Crippen molar-refractivity contribution in [2.75, 3.05) is 6.54 Å². The van der Waals surface area contributed by atoms with E-state index >= 15 is 0 Å². The highest BCUT2D eigenvalue weighted by Gasteiger charge is 2.21. The molecule has 1 saturated carbocycles. The number of hydrogen-bond acceptors (Lipinski definition) is 2. The summed E-state index contributed by atoms with van der Waals surface area (Å²) in [7, 11) is 0. The van der Waals surface area contributed by atoms with Gasteiger partial charge < -0.3 is 10.4 Å². The Morgan fingerprint density at radius 1 is 1.50 bits per heavy atom. The number of amides is 1. The van der Waals surface area contributed by atoms with Gasteiger partial charge in [0.1, 0.15) is 0 Å². The van der Waals surface area contributed by atoms with E-state index in [1.165, 1.54) is 0 Å². The smallest absolute Gasteiger partial charge is 0.207 e. The van der Waals surface area contributed by atoms with Gasteiger partial charge in [-0.15, -0.1) is 0 Å². The van der Waals surface area contributed by atoms with Crippen molar-refractivity contribution < 1.29 is 9.90 Å². The number of nitrogens with one attached hydrogen (secondary N) is 1. The molecule has 0 aliphatic heterocycles. The van der Waals surface area contributed by atoms with Crippen molar-refractivity contribution in [1.82, 2.24) is 5.32 Å². The summed E-state index contributed by atoms with van der Waals surface area (Å²) in [5, 5.41) is 11.9. The van der Waals surface area contributed by atoms with E-state index in [0.717, 1.165) is 45.1 Å². The van der Waals surface area contributed by atoms with Crippen molar-refractivity contribution in [1.29, 1.82) is 0 Å². The van der Waals surface area contributed by atoms with E-state index in [0.29, 0.717) is 5.92 Å². The van der Waals surface area contributed by atoms with E-state index in [1.807, 2.05) is 0 Å². The first-order chi connectivity index (χ1) is 5.83. The lowest BCUT2D eigenvalue weighted by Gasteiger charge is -2.07. The van der Waals surface area contributed by atoms with Crippen LogP contribution < -0.4 is 5.32 Å². The molecule has 12 heavy (non-hydrogen) atoms. The molecule has 2 N–H and O–H groups in total. The molecule has 0 saturated heterocycles. The fourth-order valence-electron chi connectivity index (χ4n) is 1.86. The highest BCUT2D eigenvalue weighted by atomic mass is 16.3. The molecule has 1 aliphatic carbocycles. The second kappa shape index (κ2) is 5.14. The topological polar surface area (TPSA) is 49.3 Å². The van der Waals surface area contributed by atoms with Crippen LogP contribution in [0.4, 0.5) is 0 Å². The van der Waals surface area contributed by atoms with E-state index in [-0.39, 0.29) is 6.10 Å². The molecular weight excluding hydrogens is 154 g/mol. The molecule has 0 spiro atoms. The van der Waals surface area contributed by atoms with Gasteiger partial charge in [0, 0.05) is 6.54 Å². The lowest BCUT2D eigenvalue weighted by Crippen LogP contribution is -2.13. The van der Waals surface area contributed by atoms with Gasteiger partial charge in [0.05, 0.1) is 6.10 Å². The molecule has 1 unspecified atom stereocenters. The highest BCUT2D eigenvalue weighted by Crippen LogP contribution is 2.28. The fraction of sp³-hybridized carbons (Fsp3) is 0.889. The molecule has 1 rings (SSSR count). The Bertz CT molecular complexity index is 138. The monoisotopic (exact) mass is 171 g/mol. The first-order valence-corrected chi connectivity index (χ1v) is 4.68. The number of carbonyl (C=O) groups is 1. The number of rotatable bonds is 5. The van der Waals surface area contributed by atoms with Crippen molar-refractivity contribution in [2.45, 2.75) is 38.2 Å². The van der Waals surface area contributed by atoms with Crippen LogP contribution in [0.5, 0.6) is 0 Å². The minimum absolute atomic E-state index is 0.0611. The van der Waals surface area contributed by atoms with Gasteiger partial charge in [0.25, 0.3) is 0 Å². The number of aliphatic hydroxyl groups is 1. The first kappa shape index (κ1) is 9.52. The summed E-state index contributed by atoms with van der Waals surface area (Å²) in [4.78, 5) is 9.90. The summed E-state index contributed by atoms with van der Waals surface area (Å²) in [6, 6.07) is 0. The van der Waals surface area contributed by atoms with Crippen LogP contribution in [0.3, 0.4) is 0 Å². The molecular formula is C9H17NO2. The summed E-state index contributed by atoms with van der Waals surface area (Å²) < 4.78 is 0. The number of hydrogen-bond donors (Lipinski definition) is 2. The predicted octanol–water partition coefficient (Wildman–Crippen LogP) is 0.674. The average Bonchev–Trinajstić information content (AvgIpc) is 2.45. The molecule has 1 aliphatic rings.